The van der Waals surface area contributed by atoms with Gasteiger partial charge < -0.3 is 14.5 Å². The number of fused-ring (bicyclic) bond motifs is 2. The third kappa shape index (κ3) is 5.82. The van der Waals surface area contributed by atoms with Crippen molar-refractivity contribution in [1.29, 1.82) is 0 Å². The topological polar surface area (TPSA) is 80.6 Å². The van der Waals surface area contributed by atoms with Crippen molar-refractivity contribution in [3.8, 4) is 16.9 Å². The minimum Gasteiger partial charge on any atom is -0.444 e. The summed E-state index contributed by atoms with van der Waals surface area (Å²) in [5, 5.41) is 2.43. The van der Waals surface area contributed by atoms with Gasteiger partial charge in [0.15, 0.2) is 5.65 Å². The van der Waals surface area contributed by atoms with Crippen LogP contribution in [0.1, 0.15) is 58.6 Å². The fourth-order valence-corrected chi connectivity index (χ4v) is 6.28. The van der Waals surface area contributed by atoms with Crippen molar-refractivity contribution in [2.75, 3.05) is 24.5 Å². The quantitative estimate of drug-likeness (QED) is 0.205. The molecular weight excluding hydrogens is 581 g/mol. The molecule has 0 unspecified atom stereocenters. The van der Waals surface area contributed by atoms with E-state index in [4.69, 9.17) is 9.72 Å². The lowest BCUT2D eigenvalue weighted by Gasteiger charge is -2.41. The number of aryl methyl sites for hydroxylation is 1. The maximum absolute atomic E-state index is 16.2. The van der Waals surface area contributed by atoms with Crippen molar-refractivity contribution in [3.05, 3.63) is 94.2 Å². The number of rotatable bonds is 4. The second kappa shape index (κ2) is 11.9. The van der Waals surface area contributed by atoms with Gasteiger partial charge in [-0.15, -0.1) is 0 Å². The third-order valence-corrected chi connectivity index (χ3v) is 8.49. The zero-order chi connectivity index (χ0) is 32.9. The average Bonchev–Trinajstić information content (AvgIpc) is 3.00. The van der Waals surface area contributed by atoms with E-state index >= 15 is 4.39 Å². The summed E-state index contributed by atoms with van der Waals surface area (Å²) in [7, 11) is 0. The summed E-state index contributed by atoms with van der Waals surface area (Å²) in [5.74, 6) is -0.0495. The maximum Gasteiger partial charge on any atom is 0.410 e. The Bertz CT molecular complexity index is 2030. The number of halogens is 1. The Morgan fingerprint density at radius 2 is 1.72 bits per heavy atom. The highest BCUT2D eigenvalue weighted by atomic mass is 19.1. The highest BCUT2D eigenvalue weighted by Gasteiger charge is 2.33. The number of amides is 1. The number of anilines is 1. The lowest BCUT2D eigenvalue weighted by atomic mass is 9.98. The van der Waals surface area contributed by atoms with Crippen molar-refractivity contribution in [2.24, 2.45) is 0 Å². The Kier molecular flexibility index (Phi) is 8.04. The predicted octanol–water partition coefficient (Wildman–Crippen LogP) is 7.62. The highest BCUT2D eigenvalue weighted by molar-refractivity contribution is 5.92. The van der Waals surface area contributed by atoms with Crippen LogP contribution in [0, 0.1) is 12.7 Å². The third-order valence-electron chi connectivity index (χ3n) is 8.49. The molecule has 1 amide bonds. The van der Waals surface area contributed by atoms with Crippen molar-refractivity contribution in [3.63, 3.8) is 0 Å². The summed E-state index contributed by atoms with van der Waals surface area (Å²) >= 11 is 0. The van der Waals surface area contributed by atoms with Crippen LogP contribution in [0.3, 0.4) is 0 Å². The van der Waals surface area contributed by atoms with Gasteiger partial charge in [-0.3, -0.25) is 0 Å². The Balaban J connectivity index is 1.55. The van der Waals surface area contributed by atoms with Gasteiger partial charge in [0.1, 0.15) is 22.9 Å². The molecule has 2 aromatic heterocycles. The van der Waals surface area contributed by atoms with Crippen LogP contribution in [0.15, 0.2) is 71.5 Å². The number of piperazine rings is 1. The van der Waals surface area contributed by atoms with Gasteiger partial charge in [-0.25, -0.2) is 23.5 Å². The summed E-state index contributed by atoms with van der Waals surface area (Å²) in [6.07, 6.45) is -0.388. The molecule has 0 N–H and O–H groups in total. The molecule has 1 aliphatic heterocycles. The predicted molar refractivity (Wildman–Crippen MR) is 181 cm³/mol. The molecule has 1 saturated heterocycles. The monoisotopic (exact) mass is 621 g/mol. The number of para-hydroxylation sites is 1. The molecule has 1 atom stereocenters. The number of carbonyl (C=O) groups excluding carboxylic acids is 1. The molecule has 0 saturated carbocycles. The second-order valence-corrected chi connectivity index (χ2v) is 13.4. The van der Waals surface area contributed by atoms with Gasteiger partial charge >= 0.3 is 11.8 Å². The van der Waals surface area contributed by atoms with E-state index in [1.165, 1.54) is 10.6 Å². The standard InChI is InChI=1S/C37H40FN5O3/c1-22(2)28-14-10-11-23(3)32(28)43-34-29(20-30(38)31(39-34)27-16-15-25-12-8-9-13-26(25)19-27)33(40-35(43)44)42-18-17-41(21-24(42)4)36(45)46-37(5,6)7/h8-16,19-20,22,24H,17-18,21H2,1-7H3/t24-/m0/s1. The minimum atomic E-state index is -0.615. The van der Waals surface area contributed by atoms with Crippen LogP contribution in [0.25, 0.3) is 38.8 Å². The summed E-state index contributed by atoms with van der Waals surface area (Å²) in [6.45, 7) is 14.7. The first-order chi connectivity index (χ1) is 21.8. The van der Waals surface area contributed by atoms with Gasteiger partial charge in [0.05, 0.1) is 11.1 Å². The molecule has 0 spiro atoms. The van der Waals surface area contributed by atoms with E-state index in [-0.39, 0.29) is 23.7 Å². The fraction of sp³-hybridized carbons (Fsp3) is 0.351. The van der Waals surface area contributed by atoms with Crippen LogP contribution in [0.4, 0.5) is 15.0 Å². The Morgan fingerprint density at radius 3 is 2.41 bits per heavy atom. The van der Waals surface area contributed by atoms with Crippen molar-refractivity contribution >= 4 is 33.7 Å². The summed E-state index contributed by atoms with van der Waals surface area (Å²) in [6, 6.07) is 20.8. The number of hydrogen-bond donors (Lipinski definition) is 0. The normalized spacial score (nSPS) is 15.6. The maximum atomic E-state index is 16.2. The molecule has 1 aliphatic rings. The van der Waals surface area contributed by atoms with E-state index in [9.17, 15) is 9.59 Å². The number of carbonyl (C=O) groups is 1. The molecule has 0 radical (unpaired) electrons. The van der Waals surface area contributed by atoms with E-state index in [1.54, 1.807) is 4.90 Å². The first-order valence-electron chi connectivity index (χ1n) is 15.8. The summed E-state index contributed by atoms with van der Waals surface area (Å²) in [5.41, 5.74) is 2.56. The fourth-order valence-electron chi connectivity index (χ4n) is 6.28. The zero-order valence-corrected chi connectivity index (χ0v) is 27.5. The molecule has 3 aromatic carbocycles. The number of aromatic nitrogens is 3. The van der Waals surface area contributed by atoms with Gasteiger partial charge in [-0.1, -0.05) is 68.4 Å². The minimum absolute atomic E-state index is 0.109. The van der Waals surface area contributed by atoms with Crippen molar-refractivity contribution in [2.45, 2.75) is 66.0 Å². The number of ether oxygens (including phenoxy) is 1. The van der Waals surface area contributed by atoms with Gasteiger partial charge in [-0.2, -0.15) is 4.98 Å². The molecular formula is C37H40FN5O3. The van der Waals surface area contributed by atoms with Crippen LogP contribution in [-0.4, -0.2) is 56.8 Å². The smallest absolute Gasteiger partial charge is 0.410 e. The van der Waals surface area contributed by atoms with Gasteiger partial charge in [-0.05, 0) is 74.6 Å². The van der Waals surface area contributed by atoms with Crippen LogP contribution in [-0.2, 0) is 4.74 Å². The van der Waals surface area contributed by atoms with Gasteiger partial charge in [0, 0.05) is 31.2 Å². The first kappa shape index (κ1) is 31.2. The molecule has 9 heteroatoms. The Morgan fingerprint density at radius 1 is 0.978 bits per heavy atom. The highest BCUT2D eigenvalue weighted by Crippen LogP contribution is 2.34. The van der Waals surface area contributed by atoms with Crippen LogP contribution in [0.2, 0.25) is 0 Å². The average molecular weight is 622 g/mol. The van der Waals surface area contributed by atoms with E-state index in [0.717, 1.165) is 21.9 Å². The molecule has 238 valence electrons. The Hall–Kier alpha value is -4.79. The van der Waals surface area contributed by atoms with E-state index in [1.807, 2.05) is 100 Å². The van der Waals surface area contributed by atoms with Crippen LogP contribution in [0.5, 0.6) is 0 Å². The van der Waals surface area contributed by atoms with E-state index < -0.39 is 17.1 Å². The molecule has 5 aromatic rings. The molecule has 3 heterocycles. The summed E-state index contributed by atoms with van der Waals surface area (Å²) in [4.78, 5) is 40.2. The van der Waals surface area contributed by atoms with Gasteiger partial charge in [0.2, 0.25) is 0 Å². The molecule has 0 aliphatic carbocycles. The SMILES string of the molecule is Cc1cccc(C(C)C)c1-n1c(=O)nc(N2CCN(C(=O)OC(C)(C)C)C[C@@H]2C)c2cc(F)c(-c3ccc4ccccc4c3)nc21. The lowest BCUT2D eigenvalue weighted by Crippen LogP contribution is -2.55. The number of pyridine rings is 1. The van der Waals surface area contributed by atoms with Crippen LogP contribution < -0.4 is 10.6 Å². The molecule has 0 bridgehead atoms. The molecule has 46 heavy (non-hydrogen) atoms. The molecule has 8 nitrogen and oxygen atoms in total. The lowest BCUT2D eigenvalue weighted by molar-refractivity contribution is 0.0218. The van der Waals surface area contributed by atoms with Crippen molar-refractivity contribution < 1.29 is 13.9 Å². The number of hydrogen-bond acceptors (Lipinski definition) is 6. The van der Waals surface area contributed by atoms with Crippen LogP contribution >= 0.6 is 0 Å². The second-order valence-electron chi connectivity index (χ2n) is 13.4. The van der Waals surface area contributed by atoms with E-state index in [0.29, 0.717) is 47.7 Å². The van der Waals surface area contributed by atoms with Crippen molar-refractivity contribution in [1.82, 2.24) is 19.4 Å². The van der Waals surface area contributed by atoms with Gasteiger partial charge in [0.25, 0.3) is 0 Å². The molecule has 6 rings (SSSR count). The first-order valence-corrected chi connectivity index (χ1v) is 15.8. The summed E-state index contributed by atoms with van der Waals surface area (Å²) < 4.78 is 23.4. The number of benzene rings is 3. The Labute approximate surface area is 268 Å². The van der Waals surface area contributed by atoms with E-state index in [2.05, 4.69) is 18.8 Å². The molecule has 1 fully saturated rings. The number of nitrogens with zero attached hydrogens (tertiary/aromatic N) is 5. The zero-order valence-electron chi connectivity index (χ0n) is 27.5. The largest absolute Gasteiger partial charge is 0.444 e.